The first-order valence-corrected chi connectivity index (χ1v) is 9.39. The van der Waals surface area contributed by atoms with Crippen LogP contribution in [-0.2, 0) is 4.79 Å². The third kappa shape index (κ3) is 6.19. The normalized spacial score (nSPS) is 11.3. The van der Waals surface area contributed by atoms with Crippen molar-refractivity contribution >= 4 is 28.9 Å². The summed E-state index contributed by atoms with van der Waals surface area (Å²) in [4.78, 5) is 12.2. The number of nitrogens with one attached hydrogen (secondary N) is 2. The van der Waals surface area contributed by atoms with Crippen LogP contribution in [0.2, 0.25) is 5.02 Å². The van der Waals surface area contributed by atoms with E-state index in [0.29, 0.717) is 5.02 Å². The van der Waals surface area contributed by atoms with Gasteiger partial charge in [0.15, 0.2) is 0 Å². The van der Waals surface area contributed by atoms with Crippen molar-refractivity contribution < 1.29 is 4.79 Å². The van der Waals surface area contributed by atoms with Crippen LogP contribution in [0.5, 0.6) is 0 Å². The largest absolute Gasteiger partial charge is 0.376 e. The zero-order valence-electron chi connectivity index (χ0n) is 15.4. The van der Waals surface area contributed by atoms with Crippen LogP contribution in [0.15, 0.2) is 53.6 Å². The fraction of sp³-hybridized carbons (Fsp3) is 0.333. The van der Waals surface area contributed by atoms with Crippen LogP contribution in [0.25, 0.3) is 0 Å². The average Bonchev–Trinajstić information content (AvgIpc) is 2.66. The monoisotopic (exact) mass is 371 g/mol. The van der Waals surface area contributed by atoms with Gasteiger partial charge in [-0.25, -0.2) is 5.43 Å². The smallest absolute Gasteiger partial charge is 0.259 e. The van der Waals surface area contributed by atoms with E-state index in [1.165, 1.54) is 0 Å². The predicted molar refractivity (Wildman–Crippen MR) is 110 cm³/mol. The molecule has 0 fully saturated rings. The number of benzene rings is 2. The van der Waals surface area contributed by atoms with Gasteiger partial charge in [-0.1, -0.05) is 67.8 Å². The summed E-state index contributed by atoms with van der Waals surface area (Å²) in [5.41, 5.74) is 6.39. The summed E-state index contributed by atoms with van der Waals surface area (Å²) in [7, 11) is 0. The van der Waals surface area contributed by atoms with E-state index in [9.17, 15) is 4.79 Å². The van der Waals surface area contributed by atoms with E-state index in [1.54, 1.807) is 0 Å². The highest BCUT2D eigenvalue weighted by atomic mass is 35.5. The maximum atomic E-state index is 12.2. The van der Waals surface area contributed by atoms with Crippen LogP contribution in [-0.4, -0.2) is 18.2 Å². The number of amides is 1. The number of hydrogen-bond donors (Lipinski definition) is 2. The highest BCUT2D eigenvalue weighted by molar-refractivity contribution is 6.31. The second kappa shape index (κ2) is 10.6. The number of hydrazone groups is 1. The predicted octanol–water partition coefficient (Wildman–Crippen LogP) is 5.16. The molecule has 138 valence electrons. The maximum absolute atomic E-state index is 12.2. The first-order valence-electron chi connectivity index (χ1n) is 9.01. The molecular formula is C21H26ClN3O. The molecule has 0 atom stereocenters. The van der Waals surface area contributed by atoms with Gasteiger partial charge in [-0.05, 0) is 43.0 Å². The molecule has 0 aromatic heterocycles. The van der Waals surface area contributed by atoms with Crippen LogP contribution in [0, 0.1) is 6.92 Å². The Labute approximate surface area is 160 Å². The van der Waals surface area contributed by atoms with Gasteiger partial charge in [-0.2, -0.15) is 5.10 Å². The van der Waals surface area contributed by atoms with E-state index in [4.69, 9.17) is 11.6 Å². The summed E-state index contributed by atoms with van der Waals surface area (Å²) in [6.45, 7) is 4.23. The molecule has 2 N–H and O–H groups in total. The van der Waals surface area contributed by atoms with Crippen molar-refractivity contribution in [1.29, 1.82) is 0 Å². The summed E-state index contributed by atoms with van der Waals surface area (Å²) in [6.07, 6.45) is 4.20. The minimum Gasteiger partial charge on any atom is -0.376 e. The molecule has 2 rings (SSSR count). The lowest BCUT2D eigenvalue weighted by atomic mass is 10.0. The van der Waals surface area contributed by atoms with Crippen molar-refractivity contribution in [3.8, 4) is 0 Å². The average molecular weight is 372 g/mol. The molecule has 2 aromatic rings. The highest BCUT2D eigenvalue weighted by Crippen LogP contribution is 2.22. The minimum atomic E-state index is -0.187. The van der Waals surface area contributed by atoms with Crippen LogP contribution >= 0.6 is 11.6 Å². The van der Waals surface area contributed by atoms with E-state index in [1.807, 2.05) is 55.5 Å². The molecule has 2 aromatic carbocycles. The van der Waals surface area contributed by atoms with Crippen LogP contribution in [0.3, 0.4) is 0 Å². The number of carbonyl (C=O) groups is 1. The Bertz CT molecular complexity index is 744. The summed E-state index contributed by atoms with van der Waals surface area (Å²) in [6, 6.07) is 15.6. The number of nitrogens with zero attached hydrogens (tertiary/aromatic N) is 1. The quantitative estimate of drug-likeness (QED) is 0.363. The molecule has 26 heavy (non-hydrogen) atoms. The number of anilines is 1. The maximum Gasteiger partial charge on any atom is 0.259 e. The second-order valence-electron chi connectivity index (χ2n) is 6.18. The van der Waals surface area contributed by atoms with Crippen LogP contribution < -0.4 is 10.7 Å². The Hall–Kier alpha value is -2.33. The Kier molecular flexibility index (Phi) is 8.16. The molecule has 0 radical (unpaired) electrons. The molecule has 5 heteroatoms. The van der Waals surface area contributed by atoms with E-state index < -0.39 is 0 Å². The molecule has 0 aliphatic carbocycles. The molecule has 0 aliphatic heterocycles. The van der Waals surface area contributed by atoms with Gasteiger partial charge in [0.25, 0.3) is 5.91 Å². The van der Waals surface area contributed by atoms with Crippen molar-refractivity contribution in [2.24, 2.45) is 5.10 Å². The number of unbranched alkanes of at least 4 members (excludes halogenated alkanes) is 2. The standard InChI is InChI=1S/C21H26ClN3O/c1-3-4-6-13-20(17-10-7-5-8-11-17)24-25-21(26)15-23-19-14-9-12-18(22)16(19)2/h5,7-12,14,23H,3-4,6,13,15H2,1-2H3,(H,25,26)/b24-20-. The SMILES string of the molecule is CCCCC/C(=N/NC(=O)CNc1cccc(Cl)c1C)c1ccccc1. The Morgan fingerprint density at radius 1 is 1.08 bits per heavy atom. The van der Waals surface area contributed by atoms with Gasteiger partial charge >= 0.3 is 0 Å². The number of halogens is 1. The minimum absolute atomic E-state index is 0.141. The summed E-state index contributed by atoms with van der Waals surface area (Å²) < 4.78 is 0. The second-order valence-corrected chi connectivity index (χ2v) is 6.59. The van der Waals surface area contributed by atoms with Gasteiger partial charge < -0.3 is 5.32 Å². The third-order valence-corrected chi connectivity index (χ3v) is 4.56. The number of carbonyl (C=O) groups excluding carboxylic acids is 1. The van der Waals surface area contributed by atoms with E-state index in [-0.39, 0.29) is 12.5 Å². The Morgan fingerprint density at radius 2 is 1.85 bits per heavy atom. The Balaban J connectivity index is 1.96. The molecule has 0 aliphatic rings. The summed E-state index contributed by atoms with van der Waals surface area (Å²) in [5, 5.41) is 8.15. The molecule has 0 heterocycles. The molecule has 0 saturated heterocycles. The fourth-order valence-corrected chi connectivity index (χ4v) is 2.76. The van der Waals surface area contributed by atoms with Gasteiger partial charge in [0.1, 0.15) is 0 Å². The van der Waals surface area contributed by atoms with Gasteiger partial charge in [-0.15, -0.1) is 0 Å². The van der Waals surface area contributed by atoms with Crippen molar-refractivity contribution in [1.82, 2.24) is 5.43 Å². The van der Waals surface area contributed by atoms with Gasteiger partial charge in [0.05, 0.1) is 12.3 Å². The van der Waals surface area contributed by atoms with E-state index in [2.05, 4.69) is 22.8 Å². The van der Waals surface area contributed by atoms with Crippen LogP contribution in [0.1, 0.15) is 43.7 Å². The van der Waals surface area contributed by atoms with E-state index >= 15 is 0 Å². The summed E-state index contributed by atoms with van der Waals surface area (Å²) in [5.74, 6) is -0.187. The fourth-order valence-electron chi connectivity index (χ4n) is 2.58. The lowest BCUT2D eigenvalue weighted by molar-refractivity contribution is -0.119. The third-order valence-electron chi connectivity index (χ3n) is 4.15. The first-order chi connectivity index (χ1) is 12.6. The van der Waals surface area contributed by atoms with Gasteiger partial charge in [0, 0.05) is 10.7 Å². The topological polar surface area (TPSA) is 53.5 Å². The summed E-state index contributed by atoms with van der Waals surface area (Å²) >= 11 is 6.10. The lowest BCUT2D eigenvalue weighted by Gasteiger charge is -2.10. The molecular weight excluding hydrogens is 346 g/mol. The van der Waals surface area contributed by atoms with Crippen LogP contribution in [0.4, 0.5) is 5.69 Å². The zero-order chi connectivity index (χ0) is 18.8. The van der Waals surface area contributed by atoms with Gasteiger partial charge in [-0.3, -0.25) is 4.79 Å². The van der Waals surface area contributed by atoms with E-state index in [0.717, 1.165) is 48.2 Å². The number of hydrogen-bond acceptors (Lipinski definition) is 3. The van der Waals surface area contributed by atoms with Gasteiger partial charge in [0.2, 0.25) is 0 Å². The molecule has 0 unspecified atom stereocenters. The van der Waals surface area contributed by atoms with Crippen molar-refractivity contribution in [2.45, 2.75) is 39.5 Å². The molecule has 0 bridgehead atoms. The molecule has 1 amide bonds. The highest BCUT2D eigenvalue weighted by Gasteiger charge is 2.07. The lowest BCUT2D eigenvalue weighted by Crippen LogP contribution is -2.27. The first kappa shape index (κ1) is 20.0. The zero-order valence-corrected chi connectivity index (χ0v) is 16.1. The van der Waals surface area contributed by atoms with Crippen molar-refractivity contribution in [2.75, 3.05) is 11.9 Å². The van der Waals surface area contributed by atoms with Crippen molar-refractivity contribution in [3.63, 3.8) is 0 Å². The molecule has 0 spiro atoms. The molecule has 0 saturated carbocycles. The Morgan fingerprint density at radius 3 is 2.58 bits per heavy atom. The van der Waals surface area contributed by atoms with Crippen molar-refractivity contribution in [3.05, 3.63) is 64.7 Å². The molecule has 4 nitrogen and oxygen atoms in total. The number of rotatable bonds is 9.